The summed E-state index contributed by atoms with van der Waals surface area (Å²) < 4.78 is 26.5. The second-order valence-electron chi connectivity index (χ2n) is 4.93. The van der Waals surface area contributed by atoms with Crippen LogP contribution in [0.2, 0.25) is 0 Å². The highest BCUT2D eigenvalue weighted by atomic mass is 32.2. The summed E-state index contributed by atoms with van der Waals surface area (Å²) in [5, 5.41) is 11.1. The van der Waals surface area contributed by atoms with Crippen molar-refractivity contribution in [3.8, 4) is 0 Å². The van der Waals surface area contributed by atoms with Gasteiger partial charge < -0.3 is 5.43 Å². The standard InChI is InChI=1S/C12H20N4O4S/c1-4-15(8-9(2)3)21(19,20)12-7-10(14-13)5-6-11(12)16(17)18/h5-7,9,14H,4,8,13H2,1-3H3. The summed E-state index contributed by atoms with van der Waals surface area (Å²) in [6, 6.07) is 3.66. The third kappa shape index (κ3) is 3.90. The van der Waals surface area contributed by atoms with E-state index >= 15 is 0 Å². The Hall–Kier alpha value is -1.71. The molecule has 0 amide bonds. The van der Waals surface area contributed by atoms with Crippen LogP contribution < -0.4 is 11.3 Å². The van der Waals surface area contributed by atoms with E-state index in [0.29, 0.717) is 5.69 Å². The molecule has 0 heterocycles. The lowest BCUT2D eigenvalue weighted by molar-refractivity contribution is -0.387. The Morgan fingerprint density at radius 3 is 2.48 bits per heavy atom. The summed E-state index contributed by atoms with van der Waals surface area (Å²) in [5.74, 6) is 5.36. The minimum atomic E-state index is -3.96. The molecule has 0 fully saturated rings. The number of sulfonamides is 1. The highest BCUT2D eigenvalue weighted by Crippen LogP contribution is 2.29. The van der Waals surface area contributed by atoms with Crippen molar-refractivity contribution >= 4 is 21.4 Å². The summed E-state index contributed by atoms with van der Waals surface area (Å²) in [4.78, 5) is 10.0. The van der Waals surface area contributed by atoms with Gasteiger partial charge in [-0.25, -0.2) is 8.42 Å². The highest BCUT2D eigenvalue weighted by molar-refractivity contribution is 7.89. The van der Waals surface area contributed by atoms with Crippen molar-refractivity contribution in [2.75, 3.05) is 18.5 Å². The van der Waals surface area contributed by atoms with Crippen molar-refractivity contribution in [1.82, 2.24) is 4.31 Å². The number of nitro benzene ring substituents is 1. The van der Waals surface area contributed by atoms with Gasteiger partial charge in [-0.1, -0.05) is 20.8 Å². The zero-order valence-electron chi connectivity index (χ0n) is 12.2. The first-order valence-corrected chi connectivity index (χ1v) is 7.93. The van der Waals surface area contributed by atoms with Crippen LogP contribution in [0.25, 0.3) is 0 Å². The number of nitrogens with one attached hydrogen (secondary N) is 1. The lowest BCUT2D eigenvalue weighted by Gasteiger charge is -2.22. The number of nitrogens with zero attached hydrogens (tertiary/aromatic N) is 2. The lowest BCUT2D eigenvalue weighted by atomic mass is 10.2. The molecule has 0 atom stereocenters. The summed E-state index contributed by atoms with van der Waals surface area (Å²) in [5.41, 5.74) is 2.13. The summed E-state index contributed by atoms with van der Waals surface area (Å²) in [7, 11) is -3.96. The van der Waals surface area contributed by atoms with E-state index in [9.17, 15) is 18.5 Å². The molecule has 0 bridgehead atoms. The van der Waals surface area contributed by atoms with Crippen LogP contribution in [0, 0.1) is 16.0 Å². The molecule has 118 valence electrons. The molecule has 0 unspecified atom stereocenters. The van der Waals surface area contributed by atoms with Crippen molar-refractivity contribution in [2.24, 2.45) is 11.8 Å². The molecular weight excluding hydrogens is 296 g/mol. The summed E-state index contributed by atoms with van der Waals surface area (Å²) >= 11 is 0. The van der Waals surface area contributed by atoms with Crippen LogP contribution in [0.15, 0.2) is 23.1 Å². The fourth-order valence-corrected chi connectivity index (χ4v) is 3.70. The van der Waals surface area contributed by atoms with Gasteiger partial charge in [-0.05, 0) is 18.1 Å². The smallest absolute Gasteiger partial charge is 0.289 e. The number of hydrazine groups is 1. The SMILES string of the molecule is CCN(CC(C)C)S(=O)(=O)c1cc(NN)ccc1[N+](=O)[O-]. The topological polar surface area (TPSA) is 119 Å². The number of rotatable bonds is 7. The number of benzene rings is 1. The Labute approximate surface area is 124 Å². The zero-order chi connectivity index (χ0) is 16.2. The highest BCUT2D eigenvalue weighted by Gasteiger charge is 2.31. The normalized spacial score (nSPS) is 11.9. The molecule has 8 nitrogen and oxygen atoms in total. The Bertz CT molecular complexity index is 616. The molecule has 0 aliphatic carbocycles. The largest absolute Gasteiger partial charge is 0.324 e. The first-order chi connectivity index (χ1) is 9.73. The van der Waals surface area contributed by atoms with E-state index in [1.54, 1.807) is 6.92 Å². The number of anilines is 1. The maximum absolute atomic E-state index is 12.6. The first-order valence-electron chi connectivity index (χ1n) is 6.49. The quantitative estimate of drug-likeness (QED) is 0.447. The van der Waals surface area contributed by atoms with Crippen LogP contribution in [0.5, 0.6) is 0 Å². The van der Waals surface area contributed by atoms with Crippen LogP contribution in [0.4, 0.5) is 11.4 Å². The van der Waals surface area contributed by atoms with Crippen molar-refractivity contribution in [1.29, 1.82) is 0 Å². The van der Waals surface area contributed by atoms with Gasteiger partial charge in [0.25, 0.3) is 5.69 Å². The van der Waals surface area contributed by atoms with Crippen molar-refractivity contribution in [3.63, 3.8) is 0 Å². The first kappa shape index (κ1) is 17.3. The molecule has 0 aromatic heterocycles. The summed E-state index contributed by atoms with van der Waals surface area (Å²) in [6.45, 7) is 5.97. The molecular formula is C12H20N4O4S. The van der Waals surface area contributed by atoms with Gasteiger partial charge in [0, 0.05) is 19.2 Å². The van der Waals surface area contributed by atoms with Crippen LogP contribution in [-0.4, -0.2) is 30.7 Å². The van der Waals surface area contributed by atoms with E-state index in [-0.39, 0.29) is 23.9 Å². The average Bonchev–Trinajstić information content (AvgIpc) is 2.43. The molecule has 1 rings (SSSR count). The third-order valence-electron chi connectivity index (χ3n) is 2.86. The molecule has 0 saturated carbocycles. The van der Waals surface area contributed by atoms with Crippen LogP contribution in [0.1, 0.15) is 20.8 Å². The number of nitro groups is 1. The van der Waals surface area contributed by atoms with Crippen molar-refractivity contribution in [2.45, 2.75) is 25.7 Å². The Morgan fingerprint density at radius 2 is 2.05 bits per heavy atom. The minimum absolute atomic E-state index is 0.106. The van der Waals surface area contributed by atoms with Gasteiger partial charge in [-0.15, -0.1) is 0 Å². The minimum Gasteiger partial charge on any atom is -0.324 e. The van der Waals surface area contributed by atoms with Crippen molar-refractivity contribution in [3.05, 3.63) is 28.3 Å². The van der Waals surface area contributed by atoms with E-state index in [0.717, 1.165) is 6.07 Å². The maximum atomic E-state index is 12.6. The van der Waals surface area contributed by atoms with Gasteiger partial charge >= 0.3 is 0 Å². The van der Waals surface area contributed by atoms with Crippen LogP contribution in [0.3, 0.4) is 0 Å². The molecule has 21 heavy (non-hydrogen) atoms. The van der Waals surface area contributed by atoms with E-state index in [1.807, 2.05) is 13.8 Å². The molecule has 0 saturated heterocycles. The second-order valence-corrected chi connectivity index (χ2v) is 6.84. The van der Waals surface area contributed by atoms with Gasteiger partial charge in [0.15, 0.2) is 4.90 Å². The second kappa shape index (κ2) is 6.83. The Balaban J connectivity index is 3.43. The van der Waals surface area contributed by atoms with E-state index < -0.39 is 20.6 Å². The predicted octanol–water partition coefficient (Wildman–Crippen LogP) is 1.55. The molecule has 0 aliphatic heterocycles. The number of hydrogen-bond acceptors (Lipinski definition) is 6. The van der Waals surface area contributed by atoms with E-state index in [1.165, 1.54) is 16.4 Å². The number of nitrogens with two attached hydrogens (primary N) is 1. The van der Waals surface area contributed by atoms with Gasteiger partial charge in [0.1, 0.15) is 0 Å². The maximum Gasteiger partial charge on any atom is 0.289 e. The van der Waals surface area contributed by atoms with Gasteiger partial charge in [0.05, 0.1) is 10.6 Å². The molecule has 0 aliphatic rings. The average molecular weight is 316 g/mol. The van der Waals surface area contributed by atoms with Gasteiger partial charge in [-0.2, -0.15) is 4.31 Å². The third-order valence-corrected chi connectivity index (χ3v) is 4.83. The molecule has 0 spiro atoms. The van der Waals surface area contributed by atoms with Gasteiger partial charge in [-0.3, -0.25) is 16.0 Å². The fraction of sp³-hybridized carbons (Fsp3) is 0.500. The molecule has 0 radical (unpaired) electrons. The predicted molar refractivity (Wildman–Crippen MR) is 80.2 cm³/mol. The molecule has 9 heteroatoms. The molecule has 1 aromatic carbocycles. The van der Waals surface area contributed by atoms with Crippen molar-refractivity contribution < 1.29 is 13.3 Å². The van der Waals surface area contributed by atoms with E-state index in [4.69, 9.17) is 5.84 Å². The lowest BCUT2D eigenvalue weighted by Crippen LogP contribution is -2.34. The molecule has 1 aromatic rings. The Kier molecular flexibility index (Phi) is 5.64. The van der Waals surface area contributed by atoms with Crippen LogP contribution >= 0.6 is 0 Å². The number of nitrogen functional groups attached to an aromatic ring is 1. The van der Waals surface area contributed by atoms with E-state index in [2.05, 4.69) is 5.43 Å². The fourth-order valence-electron chi connectivity index (χ4n) is 1.90. The monoisotopic (exact) mass is 316 g/mol. The Morgan fingerprint density at radius 1 is 1.43 bits per heavy atom. The number of hydrogen-bond donors (Lipinski definition) is 2. The zero-order valence-corrected chi connectivity index (χ0v) is 13.1. The van der Waals surface area contributed by atoms with Crippen LogP contribution in [-0.2, 0) is 10.0 Å². The van der Waals surface area contributed by atoms with Gasteiger partial charge in [0.2, 0.25) is 10.0 Å². The summed E-state index contributed by atoms with van der Waals surface area (Å²) in [6.07, 6.45) is 0. The molecule has 3 N–H and O–H groups in total.